The lowest BCUT2D eigenvalue weighted by atomic mass is 10.0. The summed E-state index contributed by atoms with van der Waals surface area (Å²) in [6.07, 6.45) is -3.32. The van der Waals surface area contributed by atoms with E-state index < -0.39 is 25.0 Å². The SMILES string of the molecule is CCCN(CCC(F)(F)F)C(=O)C1=Cc2ccc(C(=O)Nc3cccc(C)c3)cc2N=C(N)C1. The monoisotopic (exact) mass is 472 g/mol. The second-order valence-electron chi connectivity index (χ2n) is 8.20. The topological polar surface area (TPSA) is 87.8 Å². The molecule has 0 aromatic heterocycles. The van der Waals surface area contributed by atoms with E-state index >= 15 is 0 Å². The van der Waals surface area contributed by atoms with Crippen LogP contribution in [0.4, 0.5) is 24.5 Å². The number of nitrogens with two attached hydrogens (primary N) is 1. The predicted octanol–water partition coefficient (Wildman–Crippen LogP) is 5.21. The normalized spacial score (nSPS) is 13.3. The molecule has 1 aliphatic heterocycles. The lowest BCUT2D eigenvalue weighted by Crippen LogP contribution is -2.36. The van der Waals surface area contributed by atoms with Crippen LogP contribution in [0, 0.1) is 6.92 Å². The Balaban J connectivity index is 1.85. The Bertz CT molecular complexity index is 1140. The molecule has 0 atom stereocenters. The Morgan fingerprint density at radius 3 is 2.59 bits per heavy atom. The Morgan fingerprint density at radius 2 is 1.91 bits per heavy atom. The molecule has 2 aromatic carbocycles. The van der Waals surface area contributed by atoms with Gasteiger partial charge in [0.1, 0.15) is 5.84 Å². The van der Waals surface area contributed by atoms with Crippen LogP contribution in [-0.4, -0.2) is 41.8 Å². The summed E-state index contributed by atoms with van der Waals surface area (Å²) in [5.74, 6) is -0.687. The number of aliphatic imine (C=N–C) groups is 1. The molecule has 2 amide bonds. The molecular formula is C25H27F3N4O2. The minimum Gasteiger partial charge on any atom is -0.387 e. The first-order valence-electron chi connectivity index (χ1n) is 11.0. The summed E-state index contributed by atoms with van der Waals surface area (Å²) in [7, 11) is 0. The molecule has 9 heteroatoms. The maximum Gasteiger partial charge on any atom is 0.390 e. The van der Waals surface area contributed by atoms with Gasteiger partial charge in [0.05, 0.1) is 12.1 Å². The molecule has 180 valence electrons. The first-order valence-corrected chi connectivity index (χ1v) is 11.0. The third-order valence-electron chi connectivity index (χ3n) is 5.25. The highest BCUT2D eigenvalue weighted by atomic mass is 19.4. The fourth-order valence-electron chi connectivity index (χ4n) is 3.64. The van der Waals surface area contributed by atoms with E-state index in [1.165, 1.54) is 4.90 Å². The van der Waals surface area contributed by atoms with Crippen molar-refractivity contribution < 1.29 is 22.8 Å². The van der Waals surface area contributed by atoms with Gasteiger partial charge in [0.2, 0.25) is 5.91 Å². The molecule has 0 spiro atoms. The molecule has 1 aliphatic rings. The van der Waals surface area contributed by atoms with E-state index in [2.05, 4.69) is 10.3 Å². The maximum absolute atomic E-state index is 13.0. The summed E-state index contributed by atoms with van der Waals surface area (Å²) in [5.41, 5.74) is 9.27. The third kappa shape index (κ3) is 6.69. The molecule has 34 heavy (non-hydrogen) atoms. The van der Waals surface area contributed by atoms with Crippen molar-refractivity contribution >= 4 is 35.1 Å². The number of anilines is 1. The average Bonchev–Trinajstić information content (AvgIpc) is 2.92. The van der Waals surface area contributed by atoms with Crippen LogP contribution in [0.3, 0.4) is 0 Å². The zero-order valence-electron chi connectivity index (χ0n) is 19.1. The van der Waals surface area contributed by atoms with Crippen molar-refractivity contribution in [1.29, 1.82) is 0 Å². The summed E-state index contributed by atoms with van der Waals surface area (Å²) >= 11 is 0. The van der Waals surface area contributed by atoms with E-state index in [1.54, 1.807) is 37.3 Å². The second kappa shape index (κ2) is 10.5. The van der Waals surface area contributed by atoms with E-state index in [1.807, 2.05) is 25.1 Å². The maximum atomic E-state index is 13.0. The minimum atomic E-state index is -4.35. The van der Waals surface area contributed by atoms with E-state index in [4.69, 9.17) is 5.73 Å². The van der Waals surface area contributed by atoms with Crippen molar-refractivity contribution in [2.45, 2.75) is 39.3 Å². The van der Waals surface area contributed by atoms with Gasteiger partial charge in [-0.2, -0.15) is 13.2 Å². The summed E-state index contributed by atoms with van der Waals surface area (Å²) < 4.78 is 38.2. The summed E-state index contributed by atoms with van der Waals surface area (Å²) in [4.78, 5) is 31.3. The standard InChI is InChI=1S/C25H27F3N4O2/c1-3-10-32(11-9-25(26,27)28)24(34)19-13-17-7-8-18(14-21(17)31-22(29)15-19)23(33)30-20-6-4-5-16(2)12-20/h4-8,12-14H,3,9-11,15H2,1-2H3,(H2,29,31)(H,30,33). The first kappa shape index (κ1) is 25.0. The van der Waals surface area contributed by atoms with Crippen LogP contribution in [0.5, 0.6) is 0 Å². The van der Waals surface area contributed by atoms with Gasteiger partial charge in [-0.3, -0.25) is 9.59 Å². The number of carbonyl (C=O) groups is 2. The van der Waals surface area contributed by atoms with E-state index in [-0.39, 0.29) is 30.3 Å². The second-order valence-corrected chi connectivity index (χ2v) is 8.20. The molecule has 6 nitrogen and oxygen atoms in total. The Hall–Kier alpha value is -3.62. The highest BCUT2D eigenvalue weighted by Crippen LogP contribution is 2.29. The number of carbonyl (C=O) groups excluding carboxylic acids is 2. The van der Waals surface area contributed by atoms with Crippen molar-refractivity contribution in [3.63, 3.8) is 0 Å². The van der Waals surface area contributed by atoms with Gasteiger partial charge in [-0.05, 0) is 49.2 Å². The van der Waals surface area contributed by atoms with Gasteiger partial charge >= 0.3 is 6.18 Å². The van der Waals surface area contributed by atoms with Crippen LogP contribution in [0.1, 0.15) is 47.7 Å². The van der Waals surface area contributed by atoms with Gasteiger partial charge in [0.25, 0.3) is 5.91 Å². The average molecular weight is 473 g/mol. The molecule has 1 heterocycles. The van der Waals surface area contributed by atoms with Gasteiger partial charge in [0.15, 0.2) is 0 Å². The van der Waals surface area contributed by atoms with Crippen molar-refractivity contribution in [2.24, 2.45) is 10.7 Å². The number of amidine groups is 1. The molecule has 3 N–H and O–H groups in total. The zero-order valence-corrected chi connectivity index (χ0v) is 19.1. The van der Waals surface area contributed by atoms with Crippen molar-refractivity contribution in [3.05, 3.63) is 64.7 Å². The molecule has 0 saturated carbocycles. The van der Waals surface area contributed by atoms with Gasteiger partial charge in [-0.25, -0.2) is 4.99 Å². The van der Waals surface area contributed by atoms with Crippen LogP contribution in [0.15, 0.2) is 53.0 Å². The third-order valence-corrected chi connectivity index (χ3v) is 5.25. The molecule has 0 radical (unpaired) electrons. The van der Waals surface area contributed by atoms with Crippen molar-refractivity contribution in [3.8, 4) is 0 Å². The fourth-order valence-corrected chi connectivity index (χ4v) is 3.64. The summed E-state index contributed by atoms with van der Waals surface area (Å²) in [5, 5.41) is 2.83. The van der Waals surface area contributed by atoms with Crippen molar-refractivity contribution in [1.82, 2.24) is 4.90 Å². The molecule has 3 rings (SSSR count). The van der Waals surface area contributed by atoms with E-state index in [0.717, 1.165) is 5.56 Å². The highest BCUT2D eigenvalue weighted by molar-refractivity contribution is 6.07. The zero-order chi connectivity index (χ0) is 24.9. The Labute approximate surface area is 196 Å². The van der Waals surface area contributed by atoms with Gasteiger partial charge < -0.3 is 16.0 Å². The van der Waals surface area contributed by atoms with E-state index in [0.29, 0.717) is 28.9 Å². The molecular weight excluding hydrogens is 445 g/mol. The number of benzene rings is 2. The molecule has 0 unspecified atom stereocenters. The van der Waals surface area contributed by atoms with E-state index in [9.17, 15) is 22.8 Å². The van der Waals surface area contributed by atoms with Gasteiger partial charge in [0, 0.05) is 41.9 Å². The van der Waals surface area contributed by atoms with Crippen molar-refractivity contribution in [2.75, 3.05) is 18.4 Å². The molecule has 0 aliphatic carbocycles. The fraction of sp³-hybridized carbons (Fsp3) is 0.320. The van der Waals surface area contributed by atoms with Gasteiger partial charge in [-0.15, -0.1) is 0 Å². The molecule has 0 bridgehead atoms. The van der Waals surface area contributed by atoms with Crippen LogP contribution >= 0.6 is 0 Å². The highest BCUT2D eigenvalue weighted by Gasteiger charge is 2.30. The molecule has 0 saturated heterocycles. The summed E-state index contributed by atoms with van der Waals surface area (Å²) in [6, 6.07) is 12.2. The quantitative estimate of drug-likeness (QED) is 0.580. The first-order chi connectivity index (χ1) is 16.1. The minimum absolute atomic E-state index is 0.00453. The number of nitrogens with zero attached hydrogens (tertiary/aromatic N) is 2. The van der Waals surface area contributed by atoms with Crippen LogP contribution in [0.25, 0.3) is 6.08 Å². The largest absolute Gasteiger partial charge is 0.390 e. The number of nitrogens with one attached hydrogen (secondary N) is 1. The lowest BCUT2D eigenvalue weighted by molar-refractivity contribution is -0.143. The number of rotatable bonds is 7. The number of aryl methyl sites for hydroxylation is 1. The number of hydrogen-bond acceptors (Lipinski definition) is 4. The smallest absolute Gasteiger partial charge is 0.387 e. The number of fused-ring (bicyclic) bond motifs is 1. The summed E-state index contributed by atoms with van der Waals surface area (Å²) in [6.45, 7) is 3.50. The predicted molar refractivity (Wildman–Crippen MR) is 127 cm³/mol. The number of halogens is 3. The molecule has 2 aromatic rings. The number of hydrogen-bond donors (Lipinski definition) is 2. The molecule has 0 fully saturated rings. The van der Waals surface area contributed by atoms with Crippen LogP contribution in [-0.2, 0) is 4.79 Å². The van der Waals surface area contributed by atoms with Crippen LogP contribution in [0.2, 0.25) is 0 Å². The van der Waals surface area contributed by atoms with Crippen LogP contribution < -0.4 is 11.1 Å². The van der Waals surface area contributed by atoms with Gasteiger partial charge in [-0.1, -0.05) is 25.1 Å². The lowest BCUT2D eigenvalue weighted by Gasteiger charge is -2.24. The number of alkyl halides is 3. The Kier molecular flexibility index (Phi) is 7.75. The number of amides is 2. The Morgan fingerprint density at radius 1 is 1.15 bits per heavy atom.